The van der Waals surface area contributed by atoms with E-state index in [1.54, 1.807) is 24.0 Å². The fourth-order valence-electron chi connectivity index (χ4n) is 1.61. The molecule has 0 fully saturated rings. The average molecular weight is 277 g/mol. The molecule has 0 saturated heterocycles. The zero-order chi connectivity index (χ0) is 14.0. The van der Waals surface area contributed by atoms with E-state index >= 15 is 0 Å². The molecule has 0 unspecified atom stereocenters. The van der Waals surface area contributed by atoms with Crippen molar-refractivity contribution in [1.82, 2.24) is 9.78 Å². The molecule has 0 aliphatic heterocycles. The van der Waals surface area contributed by atoms with E-state index in [2.05, 4.69) is 5.10 Å². The second kappa shape index (κ2) is 5.23. The number of Topliss-reactive ketones (excluding diaryl/α,β-unsaturated/α-hetero) is 1. The number of carbonyl (C=O) groups excluding carboxylic acids is 1. The number of carbonyl (C=O) groups is 1. The Labute approximate surface area is 113 Å². The summed E-state index contributed by atoms with van der Waals surface area (Å²) in [6.07, 6.45) is 3.49. The Kier molecular flexibility index (Phi) is 3.66. The minimum absolute atomic E-state index is 0.125. The van der Waals surface area contributed by atoms with Crippen LogP contribution in [0, 0.1) is 10.1 Å². The molecule has 0 amide bonds. The van der Waals surface area contributed by atoms with Crippen LogP contribution in [0.3, 0.4) is 0 Å². The van der Waals surface area contributed by atoms with Crippen molar-refractivity contribution in [2.45, 2.75) is 16.7 Å². The maximum atomic E-state index is 11.3. The van der Waals surface area contributed by atoms with Crippen LogP contribution in [0.25, 0.3) is 0 Å². The fourth-order valence-corrected chi connectivity index (χ4v) is 2.50. The summed E-state index contributed by atoms with van der Waals surface area (Å²) in [6.45, 7) is 1.32. The molecular formula is C12H11N3O3S. The number of benzene rings is 1. The lowest BCUT2D eigenvalue weighted by molar-refractivity contribution is -0.385. The highest BCUT2D eigenvalue weighted by molar-refractivity contribution is 7.99. The van der Waals surface area contributed by atoms with E-state index in [-0.39, 0.29) is 17.0 Å². The number of nitro groups is 1. The van der Waals surface area contributed by atoms with Crippen LogP contribution in [0.1, 0.15) is 17.3 Å². The first kappa shape index (κ1) is 13.3. The third-order valence-corrected chi connectivity index (χ3v) is 3.40. The Morgan fingerprint density at radius 3 is 2.68 bits per heavy atom. The van der Waals surface area contributed by atoms with E-state index in [9.17, 15) is 14.9 Å². The molecule has 0 bridgehead atoms. The van der Waals surface area contributed by atoms with Crippen molar-refractivity contribution in [3.05, 3.63) is 46.3 Å². The molecular weight excluding hydrogens is 266 g/mol. The summed E-state index contributed by atoms with van der Waals surface area (Å²) in [7, 11) is 1.80. The van der Waals surface area contributed by atoms with E-state index < -0.39 is 4.92 Å². The lowest BCUT2D eigenvalue weighted by Crippen LogP contribution is -1.99. The van der Waals surface area contributed by atoms with Gasteiger partial charge in [0.05, 0.1) is 21.6 Å². The first-order valence-corrected chi connectivity index (χ1v) is 6.25. The molecule has 0 spiro atoms. The van der Waals surface area contributed by atoms with Crippen molar-refractivity contribution < 1.29 is 9.72 Å². The number of aromatic nitrogens is 2. The Hall–Kier alpha value is -2.15. The van der Waals surface area contributed by atoms with Gasteiger partial charge >= 0.3 is 0 Å². The van der Waals surface area contributed by atoms with Crippen molar-refractivity contribution in [3.8, 4) is 0 Å². The Morgan fingerprint density at radius 2 is 2.16 bits per heavy atom. The smallest absolute Gasteiger partial charge is 0.281 e. The normalized spacial score (nSPS) is 10.4. The topological polar surface area (TPSA) is 78.0 Å². The number of hydrogen-bond donors (Lipinski definition) is 0. The second-order valence-electron chi connectivity index (χ2n) is 3.94. The van der Waals surface area contributed by atoms with Crippen LogP contribution in [0.15, 0.2) is 40.4 Å². The second-order valence-corrected chi connectivity index (χ2v) is 5.09. The van der Waals surface area contributed by atoms with Gasteiger partial charge in [0.1, 0.15) is 0 Å². The number of nitrogens with zero attached hydrogens (tertiary/aromatic N) is 3. The van der Waals surface area contributed by atoms with Gasteiger partial charge in [-0.15, -0.1) is 0 Å². The van der Waals surface area contributed by atoms with Crippen LogP contribution in [0.4, 0.5) is 5.69 Å². The molecule has 2 aromatic rings. The van der Waals surface area contributed by atoms with Gasteiger partial charge in [-0.3, -0.25) is 19.6 Å². The van der Waals surface area contributed by atoms with Gasteiger partial charge in [0.25, 0.3) is 5.69 Å². The molecule has 98 valence electrons. The molecule has 0 saturated carbocycles. The lowest BCUT2D eigenvalue weighted by Gasteiger charge is -2.02. The standard InChI is InChI=1S/C12H11N3O3S/c1-8(16)11-4-3-9(5-12(11)15(17)18)19-10-6-13-14(2)7-10/h3-7H,1-2H3. The molecule has 0 radical (unpaired) electrons. The highest BCUT2D eigenvalue weighted by Gasteiger charge is 2.18. The zero-order valence-electron chi connectivity index (χ0n) is 10.4. The largest absolute Gasteiger partial charge is 0.294 e. The predicted molar refractivity (Wildman–Crippen MR) is 70.4 cm³/mol. The van der Waals surface area contributed by atoms with Crippen molar-refractivity contribution in [3.63, 3.8) is 0 Å². The van der Waals surface area contributed by atoms with Crippen LogP contribution in [-0.4, -0.2) is 20.5 Å². The molecule has 0 aliphatic rings. The van der Waals surface area contributed by atoms with Gasteiger partial charge in [-0.25, -0.2) is 0 Å². The highest BCUT2D eigenvalue weighted by atomic mass is 32.2. The Bertz CT molecular complexity index is 651. The predicted octanol–water partition coefficient (Wildman–Crippen LogP) is 2.68. The zero-order valence-corrected chi connectivity index (χ0v) is 11.2. The number of aryl methyl sites for hydroxylation is 1. The molecule has 1 heterocycles. The number of rotatable bonds is 4. The third kappa shape index (κ3) is 3.00. The van der Waals surface area contributed by atoms with Gasteiger partial charge < -0.3 is 0 Å². The van der Waals surface area contributed by atoms with Gasteiger partial charge in [0.2, 0.25) is 0 Å². The van der Waals surface area contributed by atoms with Gasteiger partial charge in [-0.05, 0) is 19.1 Å². The van der Waals surface area contributed by atoms with E-state index in [1.165, 1.54) is 30.8 Å². The maximum absolute atomic E-state index is 11.3. The van der Waals surface area contributed by atoms with Gasteiger partial charge in [0.15, 0.2) is 5.78 Å². The van der Waals surface area contributed by atoms with E-state index in [4.69, 9.17) is 0 Å². The summed E-state index contributed by atoms with van der Waals surface area (Å²) >= 11 is 1.36. The van der Waals surface area contributed by atoms with Crippen molar-refractivity contribution >= 4 is 23.2 Å². The molecule has 2 rings (SSSR count). The molecule has 6 nitrogen and oxygen atoms in total. The maximum Gasteiger partial charge on any atom is 0.281 e. The summed E-state index contributed by atoms with van der Waals surface area (Å²) in [4.78, 5) is 23.3. The van der Waals surface area contributed by atoms with E-state index in [0.717, 1.165) is 4.90 Å². The summed E-state index contributed by atoms with van der Waals surface area (Å²) in [5.74, 6) is -0.315. The van der Waals surface area contributed by atoms with Crippen molar-refractivity contribution in [2.75, 3.05) is 0 Å². The molecule has 19 heavy (non-hydrogen) atoms. The quantitative estimate of drug-likeness (QED) is 0.487. The Balaban J connectivity index is 2.35. The first-order valence-electron chi connectivity index (χ1n) is 5.43. The van der Waals surface area contributed by atoms with Crippen molar-refractivity contribution in [2.24, 2.45) is 7.05 Å². The minimum atomic E-state index is -0.538. The summed E-state index contributed by atoms with van der Waals surface area (Å²) in [5.41, 5.74) is -0.0399. The number of nitro benzene ring substituents is 1. The minimum Gasteiger partial charge on any atom is -0.294 e. The summed E-state index contributed by atoms with van der Waals surface area (Å²) in [6, 6.07) is 4.59. The number of ketones is 1. The number of hydrogen-bond acceptors (Lipinski definition) is 5. The van der Waals surface area contributed by atoms with Crippen LogP contribution < -0.4 is 0 Å². The van der Waals surface area contributed by atoms with Crippen molar-refractivity contribution in [1.29, 1.82) is 0 Å². The van der Waals surface area contributed by atoms with Gasteiger partial charge in [-0.1, -0.05) is 11.8 Å². The third-order valence-electron chi connectivity index (χ3n) is 2.46. The Morgan fingerprint density at radius 1 is 1.42 bits per heavy atom. The molecule has 1 aromatic carbocycles. The van der Waals surface area contributed by atoms with Crippen LogP contribution in [-0.2, 0) is 7.05 Å². The molecule has 7 heteroatoms. The van der Waals surface area contributed by atoms with Crippen LogP contribution in [0.2, 0.25) is 0 Å². The monoisotopic (exact) mass is 277 g/mol. The van der Waals surface area contributed by atoms with Crippen LogP contribution >= 0.6 is 11.8 Å². The molecule has 1 aromatic heterocycles. The molecule has 0 atom stereocenters. The average Bonchev–Trinajstić information content (AvgIpc) is 2.74. The van der Waals surface area contributed by atoms with Crippen LogP contribution in [0.5, 0.6) is 0 Å². The van der Waals surface area contributed by atoms with E-state index in [1.807, 2.05) is 6.20 Å². The van der Waals surface area contributed by atoms with Gasteiger partial charge in [-0.2, -0.15) is 5.10 Å². The highest BCUT2D eigenvalue weighted by Crippen LogP contribution is 2.31. The lowest BCUT2D eigenvalue weighted by atomic mass is 10.1. The molecule has 0 aliphatic carbocycles. The molecule has 0 N–H and O–H groups in total. The SMILES string of the molecule is CC(=O)c1ccc(Sc2cnn(C)c2)cc1[N+](=O)[O-]. The summed E-state index contributed by atoms with van der Waals surface area (Å²) in [5, 5.41) is 15.0. The summed E-state index contributed by atoms with van der Waals surface area (Å²) < 4.78 is 1.65. The van der Waals surface area contributed by atoms with Gasteiger partial charge in [0, 0.05) is 24.2 Å². The fraction of sp³-hybridized carbons (Fsp3) is 0.167. The first-order chi connectivity index (χ1) is 8.97. The van der Waals surface area contributed by atoms with E-state index in [0.29, 0.717) is 4.90 Å².